The minimum absolute atomic E-state index is 0. The van der Waals surface area contributed by atoms with E-state index in [-0.39, 0.29) is 24.0 Å². The van der Waals surface area contributed by atoms with E-state index >= 15 is 0 Å². The molecule has 0 atom stereocenters. The van der Waals surface area contributed by atoms with Crippen molar-refractivity contribution in [2.24, 2.45) is 4.99 Å². The number of ether oxygens (including phenoxy) is 1. The standard InChI is InChI=1S/C24H41N5O.HI/c1-2-25-24(27-17-9-10-20-30-22-11-5-3-4-6-12-22)28-21-14-18-29(19-15-21)23-13-7-8-16-26-23;/h7-8,13,16,21-22H,2-6,9-12,14-15,17-20H2,1H3,(H2,25,27,28);1H. The highest BCUT2D eigenvalue weighted by atomic mass is 127. The molecule has 0 spiro atoms. The second-order valence-electron chi connectivity index (χ2n) is 8.55. The average Bonchev–Trinajstić information content (AvgIpc) is 3.06. The van der Waals surface area contributed by atoms with Gasteiger partial charge in [-0.25, -0.2) is 4.98 Å². The lowest BCUT2D eigenvalue weighted by atomic mass is 10.1. The molecule has 1 aliphatic carbocycles. The van der Waals surface area contributed by atoms with Crippen LogP contribution in [0.4, 0.5) is 5.82 Å². The molecule has 31 heavy (non-hydrogen) atoms. The fraction of sp³-hybridized carbons (Fsp3) is 0.750. The lowest BCUT2D eigenvalue weighted by Gasteiger charge is -2.33. The fourth-order valence-electron chi connectivity index (χ4n) is 4.37. The van der Waals surface area contributed by atoms with Gasteiger partial charge in [-0.1, -0.05) is 31.7 Å². The van der Waals surface area contributed by atoms with E-state index in [1.54, 1.807) is 0 Å². The zero-order valence-electron chi connectivity index (χ0n) is 19.2. The summed E-state index contributed by atoms with van der Waals surface area (Å²) in [6, 6.07) is 6.60. The van der Waals surface area contributed by atoms with Crippen LogP contribution in [0.15, 0.2) is 29.4 Å². The van der Waals surface area contributed by atoms with Crippen LogP contribution in [-0.4, -0.2) is 55.9 Å². The van der Waals surface area contributed by atoms with E-state index in [2.05, 4.69) is 39.6 Å². The number of aliphatic imine (C=N–C) groups is 1. The van der Waals surface area contributed by atoms with E-state index in [4.69, 9.17) is 9.73 Å². The number of hydrogen-bond acceptors (Lipinski definition) is 4. The van der Waals surface area contributed by atoms with Gasteiger partial charge in [0.1, 0.15) is 5.82 Å². The van der Waals surface area contributed by atoms with Gasteiger partial charge in [0.25, 0.3) is 0 Å². The topological polar surface area (TPSA) is 61.8 Å². The van der Waals surface area contributed by atoms with Crippen LogP contribution in [0.1, 0.15) is 71.1 Å². The van der Waals surface area contributed by atoms with E-state index in [1.807, 2.05) is 12.3 Å². The Morgan fingerprint density at radius 1 is 1.10 bits per heavy atom. The van der Waals surface area contributed by atoms with Gasteiger partial charge in [0.2, 0.25) is 0 Å². The van der Waals surface area contributed by atoms with Gasteiger partial charge < -0.3 is 20.3 Å². The molecule has 1 aromatic rings. The Labute approximate surface area is 206 Å². The van der Waals surface area contributed by atoms with Crippen molar-refractivity contribution in [1.82, 2.24) is 15.6 Å². The lowest BCUT2D eigenvalue weighted by Crippen LogP contribution is -2.49. The maximum absolute atomic E-state index is 6.10. The molecule has 0 aromatic carbocycles. The van der Waals surface area contributed by atoms with Crippen molar-refractivity contribution < 1.29 is 4.74 Å². The molecule has 6 nitrogen and oxygen atoms in total. The summed E-state index contributed by atoms with van der Waals surface area (Å²) in [5.74, 6) is 2.04. The number of guanidine groups is 1. The van der Waals surface area contributed by atoms with E-state index in [9.17, 15) is 0 Å². The first-order chi connectivity index (χ1) is 14.8. The smallest absolute Gasteiger partial charge is 0.191 e. The van der Waals surface area contributed by atoms with Crippen molar-refractivity contribution >= 4 is 35.8 Å². The highest BCUT2D eigenvalue weighted by Gasteiger charge is 2.20. The Kier molecular flexibility index (Phi) is 13.2. The fourth-order valence-corrected chi connectivity index (χ4v) is 4.37. The predicted molar refractivity (Wildman–Crippen MR) is 141 cm³/mol. The van der Waals surface area contributed by atoms with Crippen LogP contribution in [-0.2, 0) is 4.74 Å². The number of nitrogens with zero attached hydrogens (tertiary/aromatic N) is 3. The first kappa shape index (κ1) is 26.2. The van der Waals surface area contributed by atoms with Crippen LogP contribution >= 0.6 is 24.0 Å². The normalized spacial score (nSPS) is 18.9. The van der Waals surface area contributed by atoms with E-state index in [0.717, 1.165) is 70.2 Å². The van der Waals surface area contributed by atoms with E-state index < -0.39 is 0 Å². The van der Waals surface area contributed by atoms with Crippen LogP contribution in [0.3, 0.4) is 0 Å². The number of halogens is 1. The van der Waals surface area contributed by atoms with Gasteiger partial charge in [-0.2, -0.15) is 0 Å². The molecule has 0 unspecified atom stereocenters. The molecule has 176 valence electrons. The predicted octanol–water partition coefficient (Wildman–Crippen LogP) is 4.74. The van der Waals surface area contributed by atoms with Gasteiger partial charge in [-0.15, -0.1) is 24.0 Å². The monoisotopic (exact) mass is 543 g/mol. The second-order valence-corrected chi connectivity index (χ2v) is 8.55. The van der Waals surface area contributed by atoms with Crippen molar-refractivity contribution in [2.75, 3.05) is 37.7 Å². The third-order valence-electron chi connectivity index (χ3n) is 6.13. The molecule has 1 saturated heterocycles. The van der Waals surface area contributed by atoms with Crippen LogP contribution in [0.2, 0.25) is 0 Å². The van der Waals surface area contributed by atoms with Crippen LogP contribution in [0.25, 0.3) is 0 Å². The summed E-state index contributed by atoms with van der Waals surface area (Å²) < 4.78 is 6.10. The first-order valence-electron chi connectivity index (χ1n) is 12.2. The quantitative estimate of drug-likeness (QED) is 0.155. The average molecular weight is 544 g/mol. The number of anilines is 1. The molecule has 0 bridgehead atoms. The molecule has 7 heteroatoms. The van der Waals surface area contributed by atoms with Crippen LogP contribution in [0.5, 0.6) is 0 Å². The van der Waals surface area contributed by atoms with Crippen LogP contribution < -0.4 is 15.5 Å². The van der Waals surface area contributed by atoms with Crippen molar-refractivity contribution in [3.63, 3.8) is 0 Å². The molecule has 0 radical (unpaired) electrons. The first-order valence-corrected chi connectivity index (χ1v) is 12.2. The summed E-state index contributed by atoms with van der Waals surface area (Å²) in [5.41, 5.74) is 0. The number of hydrogen-bond donors (Lipinski definition) is 2. The third kappa shape index (κ3) is 9.93. The van der Waals surface area contributed by atoms with Crippen molar-refractivity contribution in [3.8, 4) is 0 Å². The maximum Gasteiger partial charge on any atom is 0.191 e. The lowest BCUT2D eigenvalue weighted by molar-refractivity contribution is 0.0413. The Morgan fingerprint density at radius 2 is 1.87 bits per heavy atom. The molecule has 2 aliphatic rings. The minimum Gasteiger partial charge on any atom is -0.378 e. The summed E-state index contributed by atoms with van der Waals surface area (Å²) in [5, 5.41) is 7.04. The number of piperidine rings is 1. The van der Waals surface area contributed by atoms with Gasteiger partial charge in [-0.3, -0.25) is 4.99 Å². The SMILES string of the molecule is CCNC(=NCCCCOC1CCCCCC1)NC1CCN(c2ccccn2)CC1.I. The van der Waals surface area contributed by atoms with Gasteiger partial charge in [-0.05, 0) is 57.6 Å². The Hall–Kier alpha value is -1.09. The zero-order chi connectivity index (χ0) is 20.9. The number of unbranched alkanes of at least 4 members (excludes halogenated alkanes) is 1. The molecule has 0 amide bonds. The van der Waals surface area contributed by atoms with Crippen molar-refractivity contribution in [1.29, 1.82) is 0 Å². The second kappa shape index (κ2) is 15.7. The summed E-state index contributed by atoms with van der Waals surface area (Å²) in [7, 11) is 0. The van der Waals surface area contributed by atoms with Gasteiger partial charge in [0.05, 0.1) is 6.10 Å². The number of pyridine rings is 1. The van der Waals surface area contributed by atoms with Crippen LogP contribution in [0, 0.1) is 0 Å². The molecular weight excluding hydrogens is 501 g/mol. The molecule has 1 aromatic heterocycles. The Morgan fingerprint density at radius 3 is 2.55 bits per heavy atom. The van der Waals surface area contributed by atoms with E-state index in [1.165, 1.54) is 38.5 Å². The summed E-state index contributed by atoms with van der Waals surface area (Å²) in [4.78, 5) is 11.6. The highest BCUT2D eigenvalue weighted by Crippen LogP contribution is 2.20. The van der Waals surface area contributed by atoms with Crippen molar-refractivity contribution in [2.45, 2.75) is 83.3 Å². The number of aromatic nitrogens is 1. The molecule has 3 rings (SSSR count). The Balaban J connectivity index is 0.00000341. The molecule has 1 aliphatic heterocycles. The number of rotatable bonds is 9. The molecule has 2 fully saturated rings. The van der Waals surface area contributed by atoms with E-state index in [0.29, 0.717) is 12.1 Å². The summed E-state index contributed by atoms with van der Waals surface area (Å²) >= 11 is 0. The zero-order valence-corrected chi connectivity index (χ0v) is 21.6. The third-order valence-corrected chi connectivity index (χ3v) is 6.13. The molecule has 2 N–H and O–H groups in total. The molecule has 1 saturated carbocycles. The van der Waals surface area contributed by atoms with Crippen molar-refractivity contribution in [3.05, 3.63) is 24.4 Å². The summed E-state index contributed by atoms with van der Waals surface area (Å²) in [6.45, 7) is 6.83. The maximum atomic E-state index is 6.10. The minimum atomic E-state index is 0. The highest BCUT2D eigenvalue weighted by molar-refractivity contribution is 14.0. The Bertz CT molecular complexity index is 599. The molecular formula is C24H42IN5O. The van der Waals surface area contributed by atoms with Gasteiger partial charge in [0.15, 0.2) is 5.96 Å². The van der Waals surface area contributed by atoms with Gasteiger partial charge >= 0.3 is 0 Å². The number of nitrogens with one attached hydrogen (secondary N) is 2. The largest absolute Gasteiger partial charge is 0.378 e. The summed E-state index contributed by atoms with van der Waals surface area (Å²) in [6.07, 6.45) is 14.7. The molecule has 2 heterocycles. The van der Waals surface area contributed by atoms with Gasteiger partial charge in [0, 0.05) is 45.0 Å².